The SMILES string of the molecule is CC(O)CNC1CCC[C@H]2C[C@@H]12. The zero-order valence-corrected chi connectivity index (χ0v) is 7.79. The first-order chi connectivity index (χ1) is 5.77. The Kier molecular flexibility index (Phi) is 2.37. The summed E-state index contributed by atoms with van der Waals surface area (Å²) in [7, 11) is 0. The summed E-state index contributed by atoms with van der Waals surface area (Å²) in [5.41, 5.74) is 0. The van der Waals surface area contributed by atoms with Gasteiger partial charge >= 0.3 is 0 Å². The molecular weight excluding hydrogens is 150 g/mol. The minimum atomic E-state index is -0.191. The summed E-state index contributed by atoms with van der Waals surface area (Å²) in [6.07, 6.45) is 5.42. The summed E-state index contributed by atoms with van der Waals surface area (Å²) in [5, 5.41) is 12.6. The van der Waals surface area contributed by atoms with Gasteiger partial charge in [0.15, 0.2) is 0 Å². The van der Waals surface area contributed by atoms with E-state index in [0.717, 1.165) is 24.4 Å². The molecule has 4 atom stereocenters. The third kappa shape index (κ3) is 1.80. The van der Waals surface area contributed by atoms with Gasteiger partial charge in [0.05, 0.1) is 6.10 Å². The molecule has 0 aromatic rings. The van der Waals surface area contributed by atoms with Gasteiger partial charge in [0.25, 0.3) is 0 Å². The van der Waals surface area contributed by atoms with E-state index < -0.39 is 0 Å². The lowest BCUT2D eigenvalue weighted by molar-refractivity contribution is 0.179. The standard InChI is InChI=1S/C10H19NO/c1-7(12)6-11-10-4-2-3-8-5-9(8)10/h7-12H,2-6H2,1H3/t7?,8-,9+,10?/m0/s1. The van der Waals surface area contributed by atoms with E-state index in [-0.39, 0.29) is 6.10 Å². The fourth-order valence-corrected chi connectivity index (χ4v) is 2.49. The molecule has 0 amide bonds. The Hall–Kier alpha value is -0.0800. The first kappa shape index (κ1) is 8.52. The van der Waals surface area contributed by atoms with Crippen molar-refractivity contribution in [1.82, 2.24) is 5.32 Å². The second kappa shape index (κ2) is 3.35. The van der Waals surface area contributed by atoms with E-state index in [4.69, 9.17) is 5.11 Å². The summed E-state index contributed by atoms with van der Waals surface area (Å²) in [6, 6.07) is 0.721. The molecule has 2 N–H and O–H groups in total. The van der Waals surface area contributed by atoms with Crippen molar-refractivity contribution in [2.24, 2.45) is 11.8 Å². The van der Waals surface area contributed by atoms with Gasteiger partial charge in [0.1, 0.15) is 0 Å². The van der Waals surface area contributed by atoms with Crippen LogP contribution in [-0.4, -0.2) is 23.8 Å². The zero-order chi connectivity index (χ0) is 8.55. The summed E-state index contributed by atoms with van der Waals surface area (Å²) in [5.74, 6) is 1.99. The molecule has 2 nitrogen and oxygen atoms in total. The minimum absolute atomic E-state index is 0.191. The van der Waals surface area contributed by atoms with Crippen molar-refractivity contribution in [3.05, 3.63) is 0 Å². The molecule has 2 saturated carbocycles. The molecule has 2 fully saturated rings. The lowest BCUT2D eigenvalue weighted by Crippen LogP contribution is -2.37. The lowest BCUT2D eigenvalue weighted by atomic mass is 9.95. The number of rotatable bonds is 3. The molecule has 70 valence electrons. The third-order valence-corrected chi connectivity index (χ3v) is 3.26. The number of nitrogens with one attached hydrogen (secondary N) is 1. The molecule has 2 heteroatoms. The summed E-state index contributed by atoms with van der Waals surface area (Å²) >= 11 is 0. The van der Waals surface area contributed by atoms with Crippen molar-refractivity contribution in [2.75, 3.05) is 6.54 Å². The maximum absolute atomic E-state index is 9.12. The van der Waals surface area contributed by atoms with E-state index in [1.807, 2.05) is 6.92 Å². The molecule has 0 aromatic carbocycles. The van der Waals surface area contributed by atoms with Gasteiger partial charge in [-0.05, 0) is 31.6 Å². The van der Waals surface area contributed by atoms with Gasteiger partial charge in [-0.3, -0.25) is 0 Å². The quantitative estimate of drug-likeness (QED) is 0.664. The molecule has 2 rings (SSSR count). The Morgan fingerprint density at radius 3 is 3.08 bits per heavy atom. The molecule has 0 aliphatic heterocycles. The molecular formula is C10H19NO. The Balaban J connectivity index is 1.73. The molecule has 2 aliphatic carbocycles. The Bertz CT molecular complexity index is 158. The van der Waals surface area contributed by atoms with Gasteiger partial charge in [-0.1, -0.05) is 12.8 Å². The second-order valence-corrected chi connectivity index (χ2v) is 4.45. The van der Waals surface area contributed by atoms with Crippen LogP contribution in [-0.2, 0) is 0 Å². The maximum atomic E-state index is 9.12. The van der Waals surface area contributed by atoms with Crippen LogP contribution >= 0.6 is 0 Å². The van der Waals surface area contributed by atoms with Gasteiger partial charge in [-0.2, -0.15) is 0 Å². The van der Waals surface area contributed by atoms with Gasteiger partial charge in [-0.25, -0.2) is 0 Å². The minimum Gasteiger partial charge on any atom is -0.392 e. The average molecular weight is 169 g/mol. The summed E-state index contributed by atoms with van der Waals surface area (Å²) in [6.45, 7) is 2.62. The topological polar surface area (TPSA) is 32.3 Å². The number of aliphatic hydroxyl groups excluding tert-OH is 1. The van der Waals surface area contributed by atoms with Crippen LogP contribution in [0.4, 0.5) is 0 Å². The van der Waals surface area contributed by atoms with Crippen LogP contribution in [0.1, 0.15) is 32.6 Å². The molecule has 12 heavy (non-hydrogen) atoms. The van der Waals surface area contributed by atoms with E-state index in [1.54, 1.807) is 0 Å². The molecule has 0 heterocycles. The van der Waals surface area contributed by atoms with Crippen LogP contribution in [0.15, 0.2) is 0 Å². The van der Waals surface area contributed by atoms with Crippen molar-refractivity contribution in [3.63, 3.8) is 0 Å². The van der Waals surface area contributed by atoms with Crippen LogP contribution < -0.4 is 5.32 Å². The van der Waals surface area contributed by atoms with Crippen molar-refractivity contribution in [1.29, 1.82) is 0 Å². The van der Waals surface area contributed by atoms with Crippen molar-refractivity contribution in [3.8, 4) is 0 Å². The highest BCUT2D eigenvalue weighted by molar-refractivity contribution is 4.98. The maximum Gasteiger partial charge on any atom is 0.0636 e. The van der Waals surface area contributed by atoms with Crippen LogP contribution in [0.25, 0.3) is 0 Å². The van der Waals surface area contributed by atoms with Crippen LogP contribution in [0, 0.1) is 11.8 Å². The molecule has 0 bridgehead atoms. The number of aliphatic hydroxyl groups is 1. The largest absolute Gasteiger partial charge is 0.392 e. The van der Waals surface area contributed by atoms with Gasteiger partial charge < -0.3 is 10.4 Å². The molecule has 0 radical (unpaired) electrons. The van der Waals surface area contributed by atoms with Gasteiger partial charge in [-0.15, -0.1) is 0 Å². The number of fused-ring (bicyclic) bond motifs is 1. The molecule has 2 unspecified atom stereocenters. The van der Waals surface area contributed by atoms with Crippen molar-refractivity contribution >= 4 is 0 Å². The smallest absolute Gasteiger partial charge is 0.0636 e. The predicted octanol–water partition coefficient (Wildman–Crippen LogP) is 1.15. The zero-order valence-electron chi connectivity index (χ0n) is 7.79. The van der Waals surface area contributed by atoms with Gasteiger partial charge in [0.2, 0.25) is 0 Å². The Morgan fingerprint density at radius 2 is 2.33 bits per heavy atom. The highest BCUT2D eigenvalue weighted by atomic mass is 16.3. The molecule has 0 spiro atoms. The second-order valence-electron chi connectivity index (χ2n) is 4.45. The van der Waals surface area contributed by atoms with Crippen LogP contribution in [0.3, 0.4) is 0 Å². The fraction of sp³-hybridized carbons (Fsp3) is 1.00. The van der Waals surface area contributed by atoms with E-state index in [9.17, 15) is 0 Å². The first-order valence-corrected chi connectivity index (χ1v) is 5.19. The Labute approximate surface area is 74.4 Å². The van der Waals surface area contributed by atoms with Gasteiger partial charge in [0, 0.05) is 12.6 Å². The predicted molar refractivity (Wildman–Crippen MR) is 48.9 cm³/mol. The normalized spacial score (nSPS) is 42.0. The monoisotopic (exact) mass is 169 g/mol. The Morgan fingerprint density at radius 1 is 1.50 bits per heavy atom. The highest BCUT2D eigenvalue weighted by Gasteiger charge is 2.44. The highest BCUT2D eigenvalue weighted by Crippen LogP contribution is 2.49. The van der Waals surface area contributed by atoms with E-state index >= 15 is 0 Å². The summed E-state index contributed by atoms with van der Waals surface area (Å²) in [4.78, 5) is 0. The molecule has 0 aromatic heterocycles. The van der Waals surface area contributed by atoms with Crippen molar-refractivity contribution in [2.45, 2.75) is 44.8 Å². The average Bonchev–Trinajstić information content (AvgIpc) is 2.78. The number of hydrogen-bond donors (Lipinski definition) is 2. The lowest BCUT2D eigenvalue weighted by Gasteiger charge is -2.23. The van der Waals surface area contributed by atoms with Crippen LogP contribution in [0.2, 0.25) is 0 Å². The van der Waals surface area contributed by atoms with E-state index in [1.165, 1.54) is 25.7 Å². The fourth-order valence-electron chi connectivity index (χ4n) is 2.49. The summed E-state index contributed by atoms with van der Waals surface area (Å²) < 4.78 is 0. The van der Waals surface area contributed by atoms with E-state index in [0.29, 0.717) is 0 Å². The first-order valence-electron chi connectivity index (χ1n) is 5.19. The van der Waals surface area contributed by atoms with E-state index in [2.05, 4.69) is 5.32 Å². The number of hydrogen-bond acceptors (Lipinski definition) is 2. The van der Waals surface area contributed by atoms with Crippen molar-refractivity contribution < 1.29 is 5.11 Å². The molecule has 2 aliphatic rings. The third-order valence-electron chi connectivity index (χ3n) is 3.26. The molecule has 0 saturated heterocycles. The van der Waals surface area contributed by atoms with Crippen LogP contribution in [0.5, 0.6) is 0 Å².